The van der Waals surface area contributed by atoms with Crippen LogP contribution >= 0.6 is 0 Å². The third kappa shape index (κ3) is 3.23. The molecule has 2 nitrogen and oxygen atoms in total. The fraction of sp³-hybridized carbons (Fsp3) is 0.700. The predicted molar refractivity (Wildman–Crippen MR) is 94.3 cm³/mol. The van der Waals surface area contributed by atoms with E-state index in [-0.39, 0.29) is 5.54 Å². The minimum atomic E-state index is 0.227. The van der Waals surface area contributed by atoms with Crippen LogP contribution in [0.1, 0.15) is 70.5 Å². The molecule has 0 radical (unpaired) electrons. The van der Waals surface area contributed by atoms with Gasteiger partial charge in [0.15, 0.2) is 0 Å². The zero-order valence-electron chi connectivity index (χ0n) is 15.0. The molecule has 122 valence electrons. The smallest absolute Gasteiger partial charge is 0.0483 e. The van der Waals surface area contributed by atoms with E-state index in [4.69, 9.17) is 0 Å². The van der Waals surface area contributed by atoms with Crippen molar-refractivity contribution in [1.82, 2.24) is 9.80 Å². The van der Waals surface area contributed by atoms with Gasteiger partial charge < -0.3 is 0 Å². The number of nitrogens with zero attached hydrogens (tertiary/aromatic N) is 2. The lowest BCUT2D eigenvalue weighted by Crippen LogP contribution is -2.55. The molecule has 1 atom stereocenters. The molecule has 1 aromatic rings. The Hall–Kier alpha value is -0.860. The lowest BCUT2D eigenvalue weighted by molar-refractivity contribution is 0.00541. The van der Waals surface area contributed by atoms with Crippen molar-refractivity contribution in [3.05, 3.63) is 35.4 Å². The van der Waals surface area contributed by atoms with Crippen molar-refractivity contribution >= 4 is 0 Å². The Morgan fingerprint density at radius 3 is 2.32 bits per heavy atom. The van der Waals surface area contributed by atoms with Crippen molar-refractivity contribution in [2.24, 2.45) is 0 Å². The first-order valence-corrected chi connectivity index (χ1v) is 8.97. The minimum Gasteiger partial charge on any atom is -0.297 e. The van der Waals surface area contributed by atoms with Gasteiger partial charge in [-0.2, -0.15) is 0 Å². The van der Waals surface area contributed by atoms with Crippen molar-refractivity contribution in [2.75, 3.05) is 19.6 Å². The molecule has 2 heteroatoms. The van der Waals surface area contributed by atoms with E-state index in [0.717, 1.165) is 6.04 Å². The van der Waals surface area contributed by atoms with Gasteiger partial charge in [0.05, 0.1) is 0 Å². The molecule has 1 aromatic carbocycles. The largest absolute Gasteiger partial charge is 0.297 e. The summed E-state index contributed by atoms with van der Waals surface area (Å²) in [6.07, 6.45) is 2.82. The van der Waals surface area contributed by atoms with Gasteiger partial charge in [0.25, 0.3) is 0 Å². The zero-order valence-corrected chi connectivity index (χ0v) is 15.0. The topological polar surface area (TPSA) is 6.48 Å². The third-order valence-electron chi connectivity index (χ3n) is 5.31. The Bertz CT molecular complexity index is 511. The first-order valence-electron chi connectivity index (χ1n) is 8.97. The molecule has 1 aliphatic carbocycles. The van der Waals surface area contributed by atoms with Crippen LogP contribution in [0.3, 0.4) is 0 Å². The van der Waals surface area contributed by atoms with Crippen LogP contribution in [0.5, 0.6) is 0 Å². The van der Waals surface area contributed by atoms with Gasteiger partial charge in [0.1, 0.15) is 0 Å². The maximum Gasteiger partial charge on any atom is 0.0483 e. The molecule has 1 saturated carbocycles. The van der Waals surface area contributed by atoms with Crippen LogP contribution in [-0.2, 0) is 0 Å². The van der Waals surface area contributed by atoms with Gasteiger partial charge >= 0.3 is 0 Å². The zero-order chi connectivity index (χ0) is 15.9. The Kier molecular flexibility index (Phi) is 4.35. The first-order chi connectivity index (χ1) is 10.4. The Morgan fingerprint density at radius 1 is 1.05 bits per heavy atom. The summed E-state index contributed by atoms with van der Waals surface area (Å²) < 4.78 is 0. The summed E-state index contributed by atoms with van der Waals surface area (Å²) in [6.45, 7) is 15.4. The highest BCUT2D eigenvalue weighted by Gasteiger charge is 2.40. The first kappa shape index (κ1) is 16.0. The molecule has 1 heterocycles. The highest BCUT2D eigenvalue weighted by Crippen LogP contribution is 2.38. The molecule has 22 heavy (non-hydrogen) atoms. The molecule has 0 aromatic heterocycles. The second kappa shape index (κ2) is 5.98. The summed E-state index contributed by atoms with van der Waals surface area (Å²) in [5.41, 5.74) is 3.31. The van der Waals surface area contributed by atoms with Crippen molar-refractivity contribution in [1.29, 1.82) is 0 Å². The van der Waals surface area contributed by atoms with E-state index in [1.54, 1.807) is 5.56 Å². The Balaban J connectivity index is 1.94. The van der Waals surface area contributed by atoms with Crippen molar-refractivity contribution in [2.45, 2.75) is 71.0 Å². The highest BCUT2D eigenvalue weighted by molar-refractivity contribution is 5.33. The van der Waals surface area contributed by atoms with Gasteiger partial charge in [0, 0.05) is 37.3 Å². The second-order valence-corrected chi connectivity index (χ2v) is 8.39. The fourth-order valence-corrected chi connectivity index (χ4v) is 3.98. The molecule has 1 aliphatic heterocycles. The summed E-state index contributed by atoms with van der Waals surface area (Å²) in [6, 6.07) is 10.5. The van der Waals surface area contributed by atoms with E-state index >= 15 is 0 Å². The Morgan fingerprint density at radius 2 is 1.73 bits per heavy atom. The SMILES string of the molecule is CC(C)c1ccccc1C1CN(C2CC2)CCN1C(C)(C)C. The third-order valence-corrected chi connectivity index (χ3v) is 5.31. The summed E-state index contributed by atoms with van der Waals surface area (Å²) in [7, 11) is 0. The van der Waals surface area contributed by atoms with Crippen molar-refractivity contribution < 1.29 is 0 Å². The summed E-state index contributed by atoms with van der Waals surface area (Å²) in [5, 5.41) is 0. The molecule has 1 unspecified atom stereocenters. The molecule has 2 fully saturated rings. The van der Waals surface area contributed by atoms with Gasteiger partial charge in [-0.3, -0.25) is 9.80 Å². The molecule has 0 amide bonds. The number of hydrogen-bond acceptors (Lipinski definition) is 2. The quantitative estimate of drug-likeness (QED) is 0.815. The summed E-state index contributed by atoms with van der Waals surface area (Å²) in [4.78, 5) is 5.47. The highest BCUT2D eigenvalue weighted by atomic mass is 15.3. The number of hydrogen-bond donors (Lipinski definition) is 0. The molecule has 2 aliphatic rings. The summed E-state index contributed by atoms with van der Waals surface area (Å²) in [5.74, 6) is 0.592. The normalized spacial score (nSPS) is 24.9. The molecule has 0 bridgehead atoms. The lowest BCUT2D eigenvalue weighted by atomic mass is 9.88. The lowest BCUT2D eigenvalue weighted by Gasteiger charge is -2.49. The number of rotatable bonds is 3. The van der Waals surface area contributed by atoms with Gasteiger partial charge in [-0.1, -0.05) is 38.1 Å². The van der Waals surface area contributed by atoms with Crippen LogP contribution in [0.25, 0.3) is 0 Å². The van der Waals surface area contributed by atoms with E-state index in [1.807, 2.05) is 0 Å². The van der Waals surface area contributed by atoms with E-state index in [0.29, 0.717) is 12.0 Å². The molecule has 0 spiro atoms. The predicted octanol–water partition coefficient (Wildman–Crippen LogP) is 4.43. The number of benzene rings is 1. The average Bonchev–Trinajstić information content (AvgIpc) is 3.30. The van der Waals surface area contributed by atoms with Gasteiger partial charge in [-0.25, -0.2) is 0 Å². The molecular weight excluding hydrogens is 268 g/mol. The van der Waals surface area contributed by atoms with E-state index < -0.39 is 0 Å². The van der Waals surface area contributed by atoms with E-state index in [2.05, 4.69) is 68.7 Å². The molecule has 0 N–H and O–H groups in total. The van der Waals surface area contributed by atoms with Gasteiger partial charge in [-0.05, 0) is 50.7 Å². The van der Waals surface area contributed by atoms with Gasteiger partial charge in [-0.15, -0.1) is 0 Å². The minimum absolute atomic E-state index is 0.227. The monoisotopic (exact) mass is 300 g/mol. The van der Waals surface area contributed by atoms with Crippen LogP contribution in [-0.4, -0.2) is 41.0 Å². The Labute approximate surface area is 136 Å². The molecule has 1 saturated heterocycles. The molecule has 3 rings (SSSR count). The fourth-order valence-electron chi connectivity index (χ4n) is 3.98. The maximum absolute atomic E-state index is 2.74. The van der Waals surface area contributed by atoms with Crippen LogP contribution < -0.4 is 0 Å². The van der Waals surface area contributed by atoms with Crippen LogP contribution in [0, 0.1) is 0 Å². The van der Waals surface area contributed by atoms with Crippen LogP contribution in [0.15, 0.2) is 24.3 Å². The van der Waals surface area contributed by atoms with E-state index in [9.17, 15) is 0 Å². The van der Waals surface area contributed by atoms with E-state index in [1.165, 1.54) is 38.0 Å². The van der Waals surface area contributed by atoms with Crippen LogP contribution in [0.4, 0.5) is 0 Å². The molecular formula is C20H32N2. The van der Waals surface area contributed by atoms with Crippen molar-refractivity contribution in [3.63, 3.8) is 0 Å². The van der Waals surface area contributed by atoms with Crippen molar-refractivity contribution in [3.8, 4) is 0 Å². The summed E-state index contributed by atoms with van der Waals surface area (Å²) >= 11 is 0. The maximum atomic E-state index is 2.74. The number of piperazine rings is 1. The van der Waals surface area contributed by atoms with Gasteiger partial charge in [0.2, 0.25) is 0 Å². The standard InChI is InChI=1S/C20H32N2/c1-15(2)17-8-6-7-9-18(17)19-14-21(16-10-11-16)12-13-22(19)20(3,4)5/h6-9,15-16,19H,10-14H2,1-5H3. The average molecular weight is 300 g/mol. The van der Waals surface area contributed by atoms with Crippen LogP contribution in [0.2, 0.25) is 0 Å². The second-order valence-electron chi connectivity index (χ2n) is 8.39.